The topological polar surface area (TPSA) is 72.0 Å². The number of aromatic nitrogens is 1. The smallest absolute Gasteiger partial charge is 0.125 e. The largest absolute Gasteiger partial charge is 0.487 e. The van der Waals surface area contributed by atoms with Crippen LogP contribution in [-0.2, 0) is 6.61 Å². The normalized spacial score (nSPS) is 10.3. The maximum absolute atomic E-state index is 7.45. The van der Waals surface area contributed by atoms with Crippen LogP contribution in [-0.4, -0.2) is 10.8 Å². The third-order valence-corrected chi connectivity index (χ3v) is 3.37. The second-order valence-electron chi connectivity index (χ2n) is 4.11. The van der Waals surface area contributed by atoms with E-state index in [1.54, 1.807) is 23.0 Å². The zero-order chi connectivity index (χ0) is 13.1. The third kappa shape index (κ3) is 2.68. The quantitative estimate of drug-likeness (QED) is 0.656. The monoisotopic (exact) mass is 261 g/mol. The Morgan fingerprint density at radius 1 is 1.39 bits per heavy atom. The summed E-state index contributed by atoms with van der Waals surface area (Å²) in [7, 11) is 0. The third-order valence-electron chi connectivity index (χ3n) is 2.61. The van der Waals surface area contributed by atoms with Crippen molar-refractivity contribution in [1.29, 1.82) is 5.41 Å². The number of nitrogens with two attached hydrogens (primary N) is 1. The molecule has 0 aliphatic carbocycles. The van der Waals surface area contributed by atoms with E-state index in [9.17, 15) is 0 Å². The molecule has 2 aromatic rings. The predicted molar refractivity (Wildman–Crippen MR) is 73.4 cm³/mol. The molecule has 0 aliphatic rings. The molecule has 0 amide bonds. The Hall–Kier alpha value is -1.88. The van der Waals surface area contributed by atoms with E-state index in [2.05, 4.69) is 4.98 Å². The fourth-order valence-electron chi connectivity index (χ4n) is 1.79. The highest BCUT2D eigenvalue weighted by Crippen LogP contribution is 2.26. The van der Waals surface area contributed by atoms with Gasteiger partial charge < -0.3 is 10.5 Å². The molecule has 0 fully saturated rings. The van der Waals surface area contributed by atoms with E-state index in [0.29, 0.717) is 6.61 Å². The van der Waals surface area contributed by atoms with Gasteiger partial charge in [0.25, 0.3) is 0 Å². The Bertz CT molecular complexity index is 541. The van der Waals surface area contributed by atoms with Crippen LogP contribution in [0.3, 0.4) is 0 Å². The van der Waals surface area contributed by atoms with Crippen molar-refractivity contribution >= 4 is 17.2 Å². The first kappa shape index (κ1) is 12.6. The van der Waals surface area contributed by atoms with Crippen LogP contribution in [0.1, 0.15) is 21.6 Å². The molecule has 1 aromatic heterocycles. The molecule has 0 bridgehead atoms. The van der Waals surface area contributed by atoms with Gasteiger partial charge in [0, 0.05) is 11.8 Å². The Morgan fingerprint density at radius 2 is 2.06 bits per heavy atom. The van der Waals surface area contributed by atoms with Crippen LogP contribution in [0, 0.1) is 19.3 Å². The molecule has 0 radical (unpaired) electrons. The lowest BCUT2D eigenvalue weighted by Gasteiger charge is -2.13. The minimum Gasteiger partial charge on any atom is -0.487 e. The number of aryl methyl sites for hydroxylation is 2. The fraction of sp³-hybridized carbons (Fsp3) is 0.231. The van der Waals surface area contributed by atoms with Crippen molar-refractivity contribution < 1.29 is 4.74 Å². The molecular formula is C13H15N3OS. The number of nitrogens with zero attached hydrogens (tertiary/aromatic N) is 1. The summed E-state index contributed by atoms with van der Waals surface area (Å²) in [5, 5.41) is 7.45. The number of ether oxygens (including phenoxy) is 1. The summed E-state index contributed by atoms with van der Waals surface area (Å²) in [6.45, 7) is 4.44. The van der Waals surface area contributed by atoms with Gasteiger partial charge in [0.15, 0.2) is 0 Å². The highest BCUT2D eigenvalue weighted by molar-refractivity contribution is 7.09. The first-order chi connectivity index (χ1) is 8.58. The minimum atomic E-state index is 0.0789. The molecule has 3 N–H and O–H groups in total. The zero-order valence-electron chi connectivity index (χ0n) is 10.4. The second-order valence-corrected chi connectivity index (χ2v) is 5.08. The van der Waals surface area contributed by atoms with Crippen LogP contribution in [0.25, 0.3) is 0 Å². The molecule has 2 rings (SSSR count). The number of hydrogen-bond donors (Lipinski definition) is 2. The second kappa shape index (κ2) is 5.18. The van der Waals surface area contributed by atoms with Crippen LogP contribution in [0.4, 0.5) is 0 Å². The van der Waals surface area contributed by atoms with Crippen molar-refractivity contribution in [2.24, 2.45) is 5.73 Å². The summed E-state index contributed by atoms with van der Waals surface area (Å²) in [5.74, 6) is 0.934. The Labute approximate surface area is 110 Å². The van der Waals surface area contributed by atoms with Gasteiger partial charge in [0.2, 0.25) is 0 Å². The molecule has 0 saturated heterocycles. The van der Waals surface area contributed by atoms with Crippen LogP contribution in [0.2, 0.25) is 0 Å². The lowest BCUT2D eigenvalue weighted by molar-refractivity contribution is 0.305. The Balaban J connectivity index is 2.20. The summed E-state index contributed by atoms with van der Waals surface area (Å²) in [5.41, 5.74) is 9.99. The van der Waals surface area contributed by atoms with Crippen LogP contribution >= 0.6 is 11.3 Å². The fourth-order valence-corrected chi connectivity index (χ4v) is 2.30. The van der Waals surface area contributed by atoms with Crippen LogP contribution < -0.4 is 10.5 Å². The average molecular weight is 261 g/mol. The lowest BCUT2D eigenvalue weighted by atomic mass is 10.1. The van der Waals surface area contributed by atoms with Gasteiger partial charge in [-0.05, 0) is 37.1 Å². The SMILES string of the molecule is Cc1cc(C(=N)N)cc(C)c1OCc1cncs1. The minimum absolute atomic E-state index is 0.0789. The van der Waals surface area contributed by atoms with E-state index in [-0.39, 0.29) is 5.84 Å². The van der Waals surface area contributed by atoms with Gasteiger partial charge in [-0.1, -0.05) is 0 Å². The van der Waals surface area contributed by atoms with Crippen LogP contribution in [0.5, 0.6) is 5.75 Å². The number of rotatable bonds is 4. The zero-order valence-corrected chi connectivity index (χ0v) is 11.2. The van der Waals surface area contributed by atoms with E-state index < -0.39 is 0 Å². The van der Waals surface area contributed by atoms with E-state index >= 15 is 0 Å². The molecule has 0 unspecified atom stereocenters. The van der Waals surface area contributed by atoms with Crippen molar-refractivity contribution in [3.05, 3.63) is 45.4 Å². The number of thiazole rings is 1. The standard InChI is InChI=1S/C13H15N3OS/c1-8-3-10(13(14)15)4-9(2)12(8)17-6-11-5-16-7-18-11/h3-5,7H,6H2,1-2H3,(H3,14,15). The summed E-state index contributed by atoms with van der Waals surface area (Å²) in [4.78, 5) is 5.10. The molecule has 94 valence electrons. The predicted octanol–water partition coefficient (Wildman–Crippen LogP) is 2.62. The molecule has 0 saturated carbocycles. The van der Waals surface area contributed by atoms with E-state index in [0.717, 1.165) is 27.3 Å². The van der Waals surface area contributed by atoms with Crippen molar-refractivity contribution in [3.8, 4) is 5.75 Å². The van der Waals surface area contributed by atoms with Crippen molar-refractivity contribution in [3.63, 3.8) is 0 Å². The summed E-state index contributed by atoms with van der Waals surface area (Å²) >= 11 is 1.57. The van der Waals surface area contributed by atoms with Gasteiger partial charge in [-0.2, -0.15) is 0 Å². The molecule has 18 heavy (non-hydrogen) atoms. The first-order valence-electron chi connectivity index (χ1n) is 5.53. The van der Waals surface area contributed by atoms with Gasteiger partial charge in [-0.25, -0.2) is 0 Å². The summed E-state index contributed by atoms with van der Waals surface area (Å²) in [6, 6.07) is 3.74. The van der Waals surface area contributed by atoms with Crippen molar-refractivity contribution in [2.45, 2.75) is 20.5 Å². The Morgan fingerprint density at radius 3 is 2.56 bits per heavy atom. The maximum Gasteiger partial charge on any atom is 0.125 e. The number of nitrogen functional groups attached to an aromatic ring is 1. The number of amidine groups is 1. The number of benzene rings is 1. The molecule has 4 nitrogen and oxygen atoms in total. The molecule has 1 heterocycles. The van der Waals surface area contributed by atoms with Gasteiger partial charge in [0.05, 0.1) is 10.4 Å². The molecule has 5 heteroatoms. The van der Waals surface area contributed by atoms with Crippen molar-refractivity contribution in [1.82, 2.24) is 4.98 Å². The molecule has 1 aromatic carbocycles. The summed E-state index contributed by atoms with van der Waals surface area (Å²) in [6.07, 6.45) is 1.80. The number of nitrogens with one attached hydrogen (secondary N) is 1. The first-order valence-corrected chi connectivity index (χ1v) is 6.41. The number of hydrogen-bond acceptors (Lipinski definition) is 4. The summed E-state index contributed by atoms with van der Waals surface area (Å²) < 4.78 is 5.81. The van der Waals surface area contributed by atoms with Crippen LogP contribution in [0.15, 0.2) is 23.8 Å². The highest BCUT2D eigenvalue weighted by Gasteiger charge is 2.08. The van der Waals surface area contributed by atoms with E-state index in [4.69, 9.17) is 15.9 Å². The lowest BCUT2D eigenvalue weighted by Crippen LogP contribution is -2.12. The molecule has 0 aliphatic heterocycles. The highest BCUT2D eigenvalue weighted by atomic mass is 32.1. The van der Waals surface area contributed by atoms with Gasteiger partial charge in [-0.15, -0.1) is 11.3 Å². The van der Waals surface area contributed by atoms with Gasteiger partial charge >= 0.3 is 0 Å². The average Bonchev–Trinajstić information content (AvgIpc) is 2.80. The molecule has 0 atom stereocenters. The van der Waals surface area contributed by atoms with Crippen molar-refractivity contribution in [2.75, 3.05) is 0 Å². The van der Waals surface area contributed by atoms with Gasteiger partial charge in [-0.3, -0.25) is 10.4 Å². The molecule has 0 spiro atoms. The van der Waals surface area contributed by atoms with E-state index in [1.165, 1.54) is 0 Å². The maximum atomic E-state index is 7.45. The van der Waals surface area contributed by atoms with E-state index in [1.807, 2.05) is 26.0 Å². The Kier molecular flexibility index (Phi) is 3.62. The van der Waals surface area contributed by atoms with Gasteiger partial charge in [0.1, 0.15) is 18.2 Å². The molecular weight excluding hydrogens is 246 g/mol.